The van der Waals surface area contributed by atoms with Crippen LogP contribution in [0.15, 0.2) is 12.7 Å². The van der Waals surface area contributed by atoms with Gasteiger partial charge in [0.25, 0.3) is 0 Å². The van der Waals surface area contributed by atoms with Crippen LogP contribution in [0.1, 0.15) is 45.4 Å². The van der Waals surface area contributed by atoms with Gasteiger partial charge in [0, 0.05) is 6.42 Å². The summed E-state index contributed by atoms with van der Waals surface area (Å²) in [5.74, 6) is -0.109. The average molecular weight is 182 g/mol. The quantitative estimate of drug-likeness (QED) is 0.495. The van der Waals surface area contributed by atoms with Gasteiger partial charge >= 0.3 is 5.97 Å². The third kappa shape index (κ3) is 2.58. The van der Waals surface area contributed by atoms with Crippen LogP contribution in [0.5, 0.6) is 0 Å². The second-order valence-electron chi connectivity index (χ2n) is 3.66. The summed E-state index contributed by atoms with van der Waals surface area (Å²) in [5, 5.41) is 0. The van der Waals surface area contributed by atoms with Crippen LogP contribution in [0.4, 0.5) is 0 Å². The molecule has 0 atom stereocenters. The molecule has 1 aliphatic carbocycles. The van der Waals surface area contributed by atoms with Crippen LogP contribution in [0.25, 0.3) is 0 Å². The van der Waals surface area contributed by atoms with Gasteiger partial charge < -0.3 is 4.74 Å². The van der Waals surface area contributed by atoms with Crippen molar-refractivity contribution in [1.82, 2.24) is 0 Å². The van der Waals surface area contributed by atoms with Gasteiger partial charge in [-0.15, -0.1) is 0 Å². The summed E-state index contributed by atoms with van der Waals surface area (Å²) in [5.41, 5.74) is -0.342. The molecule has 0 aromatic heterocycles. The molecule has 0 spiro atoms. The fraction of sp³-hybridized carbons (Fsp3) is 0.727. The topological polar surface area (TPSA) is 26.3 Å². The van der Waals surface area contributed by atoms with Crippen molar-refractivity contribution < 1.29 is 9.53 Å². The third-order valence-corrected chi connectivity index (χ3v) is 2.68. The van der Waals surface area contributed by atoms with E-state index in [4.69, 9.17) is 4.74 Å². The number of carbonyl (C=O) groups is 1. The van der Waals surface area contributed by atoms with E-state index >= 15 is 0 Å². The zero-order valence-electron chi connectivity index (χ0n) is 8.34. The number of hydrogen-bond acceptors (Lipinski definition) is 2. The SMILES string of the molecule is C=CC1(OC(=O)CC)CCCCC1. The fourth-order valence-electron chi connectivity index (χ4n) is 1.80. The van der Waals surface area contributed by atoms with Gasteiger partial charge in [0.2, 0.25) is 0 Å². The van der Waals surface area contributed by atoms with Crippen molar-refractivity contribution in [2.45, 2.75) is 51.0 Å². The van der Waals surface area contributed by atoms with E-state index in [1.165, 1.54) is 6.42 Å². The zero-order valence-corrected chi connectivity index (χ0v) is 8.34. The molecule has 0 aliphatic heterocycles. The second kappa shape index (κ2) is 4.45. The predicted octanol–water partition coefficient (Wildman–Crippen LogP) is 2.83. The number of hydrogen-bond donors (Lipinski definition) is 0. The lowest BCUT2D eigenvalue weighted by Crippen LogP contribution is -2.34. The van der Waals surface area contributed by atoms with Gasteiger partial charge in [0.05, 0.1) is 0 Å². The Kier molecular flexibility index (Phi) is 3.52. The van der Waals surface area contributed by atoms with E-state index in [0.29, 0.717) is 6.42 Å². The highest BCUT2D eigenvalue weighted by Gasteiger charge is 2.32. The van der Waals surface area contributed by atoms with E-state index < -0.39 is 0 Å². The average Bonchev–Trinajstić information content (AvgIpc) is 2.19. The molecule has 1 aliphatic rings. The first kappa shape index (κ1) is 10.3. The predicted molar refractivity (Wildman–Crippen MR) is 52.4 cm³/mol. The molecule has 0 unspecified atom stereocenters. The molecule has 0 aromatic rings. The van der Waals surface area contributed by atoms with Crippen LogP contribution < -0.4 is 0 Å². The van der Waals surface area contributed by atoms with Crippen LogP contribution in [0.3, 0.4) is 0 Å². The summed E-state index contributed by atoms with van der Waals surface area (Å²) in [6.45, 7) is 5.59. The first-order chi connectivity index (χ1) is 6.22. The van der Waals surface area contributed by atoms with Gasteiger partial charge in [0.15, 0.2) is 0 Å². The number of ether oxygens (including phenoxy) is 1. The summed E-state index contributed by atoms with van der Waals surface area (Å²) in [4.78, 5) is 11.2. The van der Waals surface area contributed by atoms with Crippen molar-refractivity contribution >= 4 is 5.97 Å². The maximum Gasteiger partial charge on any atom is 0.306 e. The normalized spacial score (nSPS) is 20.7. The molecule has 0 amide bonds. The maximum absolute atomic E-state index is 11.2. The molecular formula is C11H18O2. The van der Waals surface area contributed by atoms with E-state index in [1.54, 1.807) is 6.08 Å². The number of carbonyl (C=O) groups excluding carboxylic acids is 1. The maximum atomic E-state index is 11.2. The highest BCUT2D eigenvalue weighted by molar-refractivity contribution is 5.69. The van der Waals surface area contributed by atoms with E-state index in [2.05, 4.69) is 6.58 Å². The summed E-state index contributed by atoms with van der Waals surface area (Å²) in [6, 6.07) is 0. The van der Waals surface area contributed by atoms with Crippen molar-refractivity contribution in [3.63, 3.8) is 0 Å². The molecular weight excluding hydrogens is 164 g/mol. The number of rotatable bonds is 3. The number of esters is 1. The van der Waals surface area contributed by atoms with Gasteiger partial charge in [-0.2, -0.15) is 0 Å². The molecule has 1 saturated carbocycles. The van der Waals surface area contributed by atoms with E-state index in [0.717, 1.165) is 25.7 Å². The van der Waals surface area contributed by atoms with Crippen LogP contribution in [-0.2, 0) is 9.53 Å². The van der Waals surface area contributed by atoms with Crippen LogP contribution in [-0.4, -0.2) is 11.6 Å². The van der Waals surface area contributed by atoms with Crippen LogP contribution in [0, 0.1) is 0 Å². The van der Waals surface area contributed by atoms with Crippen molar-refractivity contribution in [1.29, 1.82) is 0 Å². The Morgan fingerprint density at radius 2 is 2.08 bits per heavy atom. The smallest absolute Gasteiger partial charge is 0.306 e. The molecule has 1 fully saturated rings. The van der Waals surface area contributed by atoms with Crippen LogP contribution >= 0.6 is 0 Å². The zero-order chi connectivity index (χ0) is 9.73. The van der Waals surface area contributed by atoms with Crippen molar-refractivity contribution in [2.24, 2.45) is 0 Å². The molecule has 0 radical (unpaired) electrons. The Balaban J connectivity index is 2.57. The molecule has 0 heterocycles. The highest BCUT2D eigenvalue weighted by Crippen LogP contribution is 2.32. The lowest BCUT2D eigenvalue weighted by molar-refractivity contribution is -0.157. The minimum atomic E-state index is -0.342. The molecule has 0 N–H and O–H groups in total. The minimum Gasteiger partial charge on any atom is -0.455 e. The molecule has 2 nitrogen and oxygen atoms in total. The highest BCUT2D eigenvalue weighted by atomic mass is 16.6. The monoisotopic (exact) mass is 182 g/mol. The molecule has 13 heavy (non-hydrogen) atoms. The van der Waals surface area contributed by atoms with Crippen molar-refractivity contribution in [3.05, 3.63) is 12.7 Å². The van der Waals surface area contributed by atoms with E-state index in [-0.39, 0.29) is 11.6 Å². The first-order valence-electron chi connectivity index (χ1n) is 5.08. The Labute approximate surface area is 80.0 Å². The molecule has 0 saturated heterocycles. The standard InChI is InChI=1S/C11H18O2/c1-3-10(12)13-11(4-2)8-6-5-7-9-11/h4H,2-3,5-9H2,1H3. The summed E-state index contributed by atoms with van der Waals surface area (Å²) >= 11 is 0. The second-order valence-corrected chi connectivity index (χ2v) is 3.66. The van der Waals surface area contributed by atoms with Gasteiger partial charge in [-0.1, -0.05) is 19.9 Å². The van der Waals surface area contributed by atoms with Crippen molar-refractivity contribution in [3.8, 4) is 0 Å². The summed E-state index contributed by atoms with van der Waals surface area (Å²) < 4.78 is 5.42. The minimum absolute atomic E-state index is 0.109. The Morgan fingerprint density at radius 3 is 2.54 bits per heavy atom. The van der Waals surface area contributed by atoms with E-state index in [9.17, 15) is 4.79 Å². The first-order valence-corrected chi connectivity index (χ1v) is 5.08. The molecule has 2 heteroatoms. The van der Waals surface area contributed by atoms with Gasteiger partial charge in [-0.25, -0.2) is 0 Å². The Hall–Kier alpha value is -0.790. The van der Waals surface area contributed by atoms with E-state index in [1.807, 2.05) is 6.92 Å². The molecule has 0 bridgehead atoms. The lowest BCUT2D eigenvalue weighted by Gasteiger charge is -2.33. The molecule has 0 aromatic carbocycles. The van der Waals surface area contributed by atoms with Gasteiger partial charge in [-0.3, -0.25) is 4.79 Å². The Bertz CT molecular complexity index is 190. The molecule has 1 rings (SSSR count). The molecule has 74 valence electrons. The fourth-order valence-corrected chi connectivity index (χ4v) is 1.80. The lowest BCUT2D eigenvalue weighted by atomic mass is 9.85. The summed E-state index contributed by atoms with van der Waals surface area (Å²) in [6.07, 6.45) is 7.69. The van der Waals surface area contributed by atoms with Gasteiger partial charge in [0.1, 0.15) is 5.60 Å². The van der Waals surface area contributed by atoms with Crippen LogP contribution in [0.2, 0.25) is 0 Å². The third-order valence-electron chi connectivity index (χ3n) is 2.68. The van der Waals surface area contributed by atoms with Crippen molar-refractivity contribution in [2.75, 3.05) is 0 Å². The largest absolute Gasteiger partial charge is 0.455 e. The summed E-state index contributed by atoms with van der Waals surface area (Å²) in [7, 11) is 0. The van der Waals surface area contributed by atoms with Gasteiger partial charge in [-0.05, 0) is 31.8 Å². The Morgan fingerprint density at radius 1 is 1.46 bits per heavy atom.